The molecule has 2 aliphatic heterocycles. The van der Waals surface area contributed by atoms with Crippen molar-refractivity contribution in [2.45, 2.75) is 17.9 Å². The molecule has 7 nitrogen and oxygen atoms in total. The van der Waals surface area contributed by atoms with Gasteiger partial charge in [0.25, 0.3) is 5.91 Å². The lowest BCUT2D eigenvalue weighted by Crippen LogP contribution is -2.42. The van der Waals surface area contributed by atoms with Gasteiger partial charge in [-0.2, -0.15) is 5.10 Å². The number of likely N-dealkylation sites (tertiary alicyclic amines) is 1. The Morgan fingerprint density at radius 3 is 2.78 bits per heavy atom. The Morgan fingerprint density at radius 1 is 1.12 bits per heavy atom. The second-order valence-corrected chi connectivity index (χ2v) is 8.73. The van der Waals surface area contributed by atoms with Crippen molar-refractivity contribution in [3.05, 3.63) is 83.8 Å². The van der Waals surface area contributed by atoms with E-state index in [0.717, 1.165) is 27.7 Å². The van der Waals surface area contributed by atoms with Crippen molar-refractivity contribution in [1.82, 2.24) is 19.2 Å². The smallest absolute Gasteiger partial charge is 0.255 e. The number of nitrogens with one attached hydrogen (secondary N) is 1. The molecule has 2 unspecified atom stereocenters. The Hall–Kier alpha value is -3.87. The molecule has 2 aromatic carbocycles. The molecule has 1 fully saturated rings. The topological polar surface area (TPSA) is 72.2 Å². The predicted molar refractivity (Wildman–Crippen MR) is 121 cm³/mol. The molecule has 2 amide bonds. The van der Waals surface area contributed by atoms with E-state index < -0.39 is 11.5 Å². The minimum Gasteiger partial charge on any atom is -0.351 e. The van der Waals surface area contributed by atoms with Gasteiger partial charge in [-0.05, 0) is 36.2 Å². The normalized spacial score (nSPS) is 22.0. The Morgan fingerprint density at radius 2 is 1.97 bits per heavy atom. The third-order valence-corrected chi connectivity index (χ3v) is 7.05. The zero-order valence-electron chi connectivity index (χ0n) is 17.9. The SMILES string of the molecule is Cn1cc(C2N(C(=O)c3cccc4c3ccn4C)CCC23C(=O)Nc2ccccc23)cn1. The number of anilines is 1. The van der Waals surface area contributed by atoms with E-state index in [9.17, 15) is 9.59 Å². The summed E-state index contributed by atoms with van der Waals surface area (Å²) in [7, 11) is 3.82. The summed E-state index contributed by atoms with van der Waals surface area (Å²) in [5.74, 6) is -0.120. The first-order valence-corrected chi connectivity index (χ1v) is 10.8. The molecule has 1 N–H and O–H groups in total. The number of benzene rings is 2. The molecule has 1 spiro atoms. The maximum atomic E-state index is 14.0. The highest BCUT2D eigenvalue weighted by Gasteiger charge is 2.59. The highest BCUT2D eigenvalue weighted by Crippen LogP contribution is 2.55. The van der Waals surface area contributed by atoms with Crippen LogP contribution in [0.2, 0.25) is 0 Å². The van der Waals surface area contributed by atoms with Crippen molar-refractivity contribution < 1.29 is 9.59 Å². The molecule has 7 heteroatoms. The average molecular weight is 425 g/mol. The second kappa shape index (κ2) is 6.56. The third kappa shape index (κ3) is 2.39. The molecular formula is C25H23N5O2. The molecule has 4 heterocycles. The first-order chi connectivity index (χ1) is 15.5. The zero-order valence-corrected chi connectivity index (χ0v) is 17.9. The van der Waals surface area contributed by atoms with Crippen LogP contribution in [-0.2, 0) is 24.3 Å². The van der Waals surface area contributed by atoms with Crippen LogP contribution in [0, 0.1) is 0 Å². The van der Waals surface area contributed by atoms with Crippen LogP contribution in [0.5, 0.6) is 0 Å². The average Bonchev–Trinajstić information content (AvgIpc) is 3.55. The van der Waals surface area contributed by atoms with Crippen LogP contribution in [-0.4, -0.2) is 37.6 Å². The molecular weight excluding hydrogens is 402 g/mol. The third-order valence-electron chi connectivity index (χ3n) is 7.05. The van der Waals surface area contributed by atoms with Crippen molar-refractivity contribution in [2.75, 3.05) is 11.9 Å². The van der Waals surface area contributed by atoms with Crippen molar-refractivity contribution in [1.29, 1.82) is 0 Å². The van der Waals surface area contributed by atoms with Crippen LogP contribution in [0.25, 0.3) is 10.9 Å². The Kier molecular flexibility index (Phi) is 3.87. The number of aromatic nitrogens is 3. The number of aryl methyl sites for hydroxylation is 2. The summed E-state index contributed by atoms with van der Waals surface area (Å²) in [4.78, 5) is 29.3. The Bertz CT molecular complexity index is 1400. The number of amides is 2. The fourth-order valence-electron chi connectivity index (χ4n) is 5.59. The molecule has 1 saturated heterocycles. The molecule has 0 bridgehead atoms. The van der Waals surface area contributed by atoms with Crippen molar-refractivity contribution >= 4 is 28.4 Å². The van der Waals surface area contributed by atoms with Gasteiger partial charge in [-0.25, -0.2) is 0 Å². The molecule has 2 atom stereocenters. The molecule has 4 aromatic rings. The summed E-state index contributed by atoms with van der Waals surface area (Å²) < 4.78 is 3.73. The number of para-hydroxylation sites is 1. The van der Waals surface area contributed by atoms with E-state index >= 15 is 0 Å². The first-order valence-electron chi connectivity index (χ1n) is 10.8. The molecule has 6 rings (SSSR count). The second-order valence-electron chi connectivity index (χ2n) is 8.73. The maximum absolute atomic E-state index is 14.0. The van der Waals surface area contributed by atoms with E-state index in [2.05, 4.69) is 10.4 Å². The van der Waals surface area contributed by atoms with Gasteiger partial charge in [-0.1, -0.05) is 24.3 Å². The number of hydrogen-bond acceptors (Lipinski definition) is 3. The Labute approximate surface area is 185 Å². The standard InChI is InChI=1S/C25H23N5O2/c1-28-12-10-17-18(6-5-9-21(17)28)23(31)30-13-11-25(22(30)16-14-26-29(2)15-16)19-7-3-4-8-20(19)27-24(25)32/h3-10,12,14-15,22H,11,13H2,1-2H3,(H,27,32). The molecule has 2 aliphatic rings. The van der Waals surface area contributed by atoms with Crippen molar-refractivity contribution in [2.24, 2.45) is 14.1 Å². The van der Waals surface area contributed by atoms with Gasteiger partial charge in [-0.3, -0.25) is 14.3 Å². The summed E-state index contributed by atoms with van der Waals surface area (Å²) in [5.41, 5.74) is 3.47. The van der Waals surface area contributed by atoms with Gasteiger partial charge < -0.3 is 14.8 Å². The number of carbonyl (C=O) groups is 2. The minimum atomic E-state index is -0.833. The van der Waals surface area contributed by atoms with Crippen molar-refractivity contribution in [3.63, 3.8) is 0 Å². The zero-order chi connectivity index (χ0) is 22.0. The van der Waals surface area contributed by atoms with Crippen LogP contribution in [0.15, 0.2) is 67.1 Å². The first kappa shape index (κ1) is 18.9. The number of nitrogens with zero attached hydrogens (tertiary/aromatic N) is 4. The lowest BCUT2D eigenvalue weighted by molar-refractivity contribution is -0.121. The maximum Gasteiger partial charge on any atom is 0.255 e. The van der Waals surface area contributed by atoms with Crippen LogP contribution < -0.4 is 5.32 Å². The highest BCUT2D eigenvalue weighted by atomic mass is 16.2. The van der Waals surface area contributed by atoms with Gasteiger partial charge in [0.2, 0.25) is 5.91 Å². The molecule has 0 saturated carbocycles. The van der Waals surface area contributed by atoms with E-state index in [1.807, 2.05) is 84.5 Å². The van der Waals surface area contributed by atoms with Gasteiger partial charge in [0.15, 0.2) is 0 Å². The van der Waals surface area contributed by atoms with E-state index in [4.69, 9.17) is 0 Å². The van der Waals surface area contributed by atoms with Crippen LogP contribution >= 0.6 is 0 Å². The largest absolute Gasteiger partial charge is 0.351 e. The van der Waals surface area contributed by atoms with E-state index in [0.29, 0.717) is 18.5 Å². The molecule has 0 aliphatic carbocycles. The van der Waals surface area contributed by atoms with Crippen molar-refractivity contribution in [3.8, 4) is 0 Å². The molecule has 32 heavy (non-hydrogen) atoms. The van der Waals surface area contributed by atoms with Gasteiger partial charge >= 0.3 is 0 Å². The number of carbonyl (C=O) groups excluding carboxylic acids is 2. The lowest BCUT2D eigenvalue weighted by Gasteiger charge is -2.33. The van der Waals surface area contributed by atoms with E-state index in [1.54, 1.807) is 10.9 Å². The summed E-state index contributed by atoms with van der Waals surface area (Å²) >= 11 is 0. The van der Waals surface area contributed by atoms with Crippen LogP contribution in [0.4, 0.5) is 5.69 Å². The summed E-state index contributed by atoms with van der Waals surface area (Å²) in [6.07, 6.45) is 6.21. The number of rotatable bonds is 2. The van der Waals surface area contributed by atoms with Gasteiger partial charge in [0, 0.05) is 60.8 Å². The quantitative estimate of drug-likeness (QED) is 0.535. The predicted octanol–water partition coefficient (Wildman–Crippen LogP) is 3.39. The lowest BCUT2D eigenvalue weighted by atomic mass is 9.73. The highest BCUT2D eigenvalue weighted by molar-refractivity contribution is 6.10. The molecule has 160 valence electrons. The van der Waals surface area contributed by atoms with Gasteiger partial charge in [-0.15, -0.1) is 0 Å². The summed E-state index contributed by atoms with van der Waals surface area (Å²) in [6, 6.07) is 15.1. The van der Waals surface area contributed by atoms with Gasteiger partial charge in [0.1, 0.15) is 5.41 Å². The molecule has 2 aromatic heterocycles. The summed E-state index contributed by atoms with van der Waals surface area (Å²) in [6.45, 7) is 0.489. The monoisotopic (exact) mass is 425 g/mol. The van der Waals surface area contributed by atoms with Crippen LogP contribution in [0.1, 0.15) is 33.9 Å². The van der Waals surface area contributed by atoms with E-state index in [1.165, 1.54) is 0 Å². The molecule has 0 radical (unpaired) electrons. The van der Waals surface area contributed by atoms with Gasteiger partial charge in [0.05, 0.1) is 12.2 Å². The fourth-order valence-corrected chi connectivity index (χ4v) is 5.59. The van der Waals surface area contributed by atoms with Crippen LogP contribution in [0.3, 0.4) is 0 Å². The fraction of sp³-hybridized carbons (Fsp3) is 0.240. The minimum absolute atomic E-state index is 0.0548. The number of hydrogen-bond donors (Lipinski definition) is 1. The van der Waals surface area contributed by atoms with E-state index in [-0.39, 0.29) is 11.8 Å². The summed E-state index contributed by atoms with van der Waals surface area (Å²) in [5, 5.41) is 8.34. The Balaban J connectivity index is 1.53. The number of fused-ring (bicyclic) bond motifs is 3.